The molecule has 0 saturated carbocycles. The summed E-state index contributed by atoms with van der Waals surface area (Å²) in [7, 11) is 0. The van der Waals surface area contributed by atoms with Crippen LogP contribution in [-0.4, -0.2) is 46.7 Å². The van der Waals surface area contributed by atoms with Gasteiger partial charge < -0.3 is 30.9 Å². The van der Waals surface area contributed by atoms with Crippen molar-refractivity contribution >= 4 is 12.0 Å². The number of benzene rings is 3. The molecule has 3 aromatic carbocycles. The van der Waals surface area contributed by atoms with Crippen LogP contribution in [0.4, 0.5) is 4.79 Å². The average molecular weight is 532 g/mol. The van der Waals surface area contributed by atoms with Crippen molar-refractivity contribution in [3.63, 3.8) is 0 Å². The highest BCUT2D eigenvalue weighted by molar-refractivity contribution is 5.94. The summed E-state index contributed by atoms with van der Waals surface area (Å²) in [5.74, 6) is 0.884. The van der Waals surface area contributed by atoms with Crippen molar-refractivity contribution < 1.29 is 24.5 Å². The topological polar surface area (TPSA) is 125 Å². The predicted octanol–water partition coefficient (Wildman–Crippen LogP) is 5.03. The summed E-state index contributed by atoms with van der Waals surface area (Å²) in [6.45, 7) is 3.56. The molecule has 5 N–H and O–H groups in total. The molecule has 8 nitrogen and oxygen atoms in total. The molecule has 0 bridgehead atoms. The number of rotatable bonds is 10. The lowest BCUT2D eigenvalue weighted by Gasteiger charge is -2.43. The summed E-state index contributed by atoms with van der Waals surface area (Å²) in [5, 5.41) is 23.9. The first-order chi connectivity index (χ1) is 18.8. The molecule has 0 spiro atoms. The van der Waals surface area contributed by atoms with Gasteiger partial charge in [-0.05, 0) is 68.0 Å². The number of nitrogens with one attached hydrogen (secondary N) is 1. The number of hydrogen-bond acceptors (Lipinski definition) is 5. The summed E-state index contributed by atoms with van der Waals surface area (Å²) in [6.07, 6.45) is 1.09. The van der Waals surface area contributed by atoms with Crippen LogP contribution in [0.2, 0.25) is 0 Å². The average Bonchev–Trinajstić information content (AvgIpc) is 2.96. The van der Waals surface area contributed by atoms with Crippen LogP contribution in [0.15, 0.2) is 72.8 Å². The number of carboxylic acid groups (broad SMARTS) is 1. The Balaban J connectivity index is 1.63. The Labute approximate surface area is 229 Å². The number of carbonyl (C=O) groups excluding carboxylic acids is 1. The van der Waals surface area contributed by atoms with Gasteiger partial charge in [0.05, 0.1) is 5.60 Å². The van der Waals surface area contributed by atoms with Crippen LogP contribution < -0.4 is 15.8 Å². The fourth-order valence-electron chi connectivity index (χ4n) is 5.33. The van der Waals surface area contributed by atoms with Gasteiger partial charge in [-0.2, -0.15) is 0 Å². The third-order valence-electron chi connectivity index (χ3n) is 7.50. The first kappa shape index (κ1) is 28.1. The molecule has 2 atom stereocenters. The van der Waals surface area contributed by atoms with Crippen molar-refractivity contribution in [1.29, 1.82) is 0 Å². The van der Waals surface area contributed by atoms with Gasteiger partial charge in [-0.15, -0.1) is 0 Å². The number of aliphatic hydroxyl groups is 1. The maximum Gasteiger partial charge on any atom is 0.404 e. The van der Waals surface area contributed by atoms with Gasteiger partial charge in [0, 0.05) is 43.2 Å². The molecule has 0 aromatic heterocycles. The lowest BCUT2D eigenvalue weighted by atomic mass is 9.74. The van der Waals surface area contributed by atoms with Gasteiger partial charge in [0.25, 0.3) is 5.91 Å². The van der Waals surface area contributed by atoms with E-state index in [1.807, 2.05) is 67.6 Å². The fraction of sp³-hybridized carbons (Fsp3) is 0.355. The number of amides is 2. The number of hydrogen-bond donors (Lipinski definition) is 4. The van der Waals surface area contributed by atoms with Crippen LogP contribution in [-0.2, 0) is 12.1 Å². The molecule has 8 heteroatoms. The second kappa shape index (κ2) is 12.8. The number of ether oxygens (including phenoxy) is 1. The molecule has 1 saturated heterocycles. The molecule has 39 heavy (non-hydrogen) atoms. The standard InChI is InChI=1S/C31H37N3O5/c1-22-8-2-4-11-27(22)39-28-12-5-3-10-26(28)31(38,17-7-18-33-30(36)37)25-9-6-19-34(21-25)29(35)24-15-13-23(20-32)14-16-24/h2-5,8,10-16,25,33,38H,6-7,9,17-21,32H2,1H3,(H,36,37)/t25-,31+/m1/s1. The molecular weight excluding hydrogens is 494 g/mol. The molecule has 1 heterocycles. The van der Waals surface area contributed by atoms with Crippen LogP contribution in [0, 0.1) is 12.8 Å². The quantitative estimate of drug-likeness (QED) is 0.272. The monoisotopic (exact) mass is 531 g/mol. The first-order valence-corrected chi connectivity index (χ1v) is 13.4. The summed E-state index contributed by atoms with van der Waals surface area (Å²) in [5.41, 5.74) is 7.51. The zero-order valence-electron chi connectivity index (χ0n) is 22.3. The summed E-state index contributed by atoms with van der Waals surface area (Å²) in [6, 6.07) is 22.4. The highest BCUT2D eigenvalue weighted by Crippen LogP contribution is 2.44. The first-order valence-electron chi connectivity index (χ1n) is 13.4. The number of para-hydroxylation sites is 2. The van der Waals surface area contributed by atoms with Crippen LogP contribution in [0.25, 0.3) is 0 Å². The normalized spacial score (nSPS) is 16.8. The SMILES string of the molecule is Cc1ccccc1Oc1ccccc1[C@](O)(CCCNC(=O)O)[C@@H]1CCCN(C(=O)c2ccc(CN)cc2)C1. The van der Waals surface area contributed by atoms with Crippen molar-refractivity contribution in [1.82, 2.24) is 10.2 Å². The van der Waals surface area contributed by atoms with E-state index in [-0.39, 0.29) is 18.4 Å². The Bertz CT molecular complexity index is 1280. The highest BCUT2D eigenvalue weighted by atomic mass is 16.5. The van der Waals surface area contributed by atoms with Gasteiger partial charge >= 0.3 is 6.09 Å². The number of nitrogens with two attached hydrogens (primary N) is 1. The second-order valence-corrected chi connectivity index (χ2v) is 10.1. The van der Waals surface area contributed by atoms with E-state index in [9.17, 15) is 14.7 Å². The number of aryl methyl sites for hydroxylation is 1. The molecular formula is C31H37N3O5. The zero-order chi connectivity index (χ0) is 27.8. The van der Waals surface area contributed by atoms with Gasteiger partial charge in [0.2, 0.25) is 0 Å². The molecule has 4 rings (SSSR count). The Morgan fingerprint density at radius 1 is 1.05 bits per heavy atom. The zero-order valence-corrected chi connectivity index (χ0v) is 22.3. The predicted molar refractivity (Wildman–Crippen MR) is 150 cm³/mol. The molecule has 206 valence electrons. The number of piperidine rings is 1. The molecule has 3 aromatic rings. The molecule has 0 unspecified atom stereocenters. The minimum absolute atomic E-state index is 0.0809. The second-order valence-electron chi connectivity index (χ2n) is 10.1. The van der Waals surface area contributed by atoms with Gasteiger partial charge in [-0.25, -0.2) is 4.79 Å². The van der Waals surface area contributed by atoms with E-state index in [0.29, 0.717) is 55.1 Å². The Kier molecular flexibility index (Phi) is 9.22. The molecule has 1 fully saturated rings. The van der Waals surface area contributed by atoms with E-state index in [1.165, 1.54) is 0 Å². The van der Waals surface area contributed by atoms with E-state index in [1.54, 1.807) is 17.0 Å². The summed E-state index contributed by atoms with van der Waals surface area (Å²) in [4.78, 5) is 26.2. The van der Waals surface area contributed by atoms with Crippen molar-refractivity contribution in [2.75, 3.05) is 19.6 Å². The van der Waals surface area contributed by atoms with E-state index in [2.05, 4.69) is 5.32 Å². The van der Waals surface area contributed by atoms with Crippen molar-refractivity contribution in [2.45, 2.75) is 44.8 Å². The van der Waals surface area contributed by atoms with Crippen LogP contribution >= 0.6 is 0 Å². The smallest absolute Gasteiger partial charge is 0.404 e. The largest absolute Gasteiger partial charge is 0.465 e. The number of nitrogens with zero attached hydrogens (tertiary/aromatic N) is 1. The van der Waals surface area contributed by atoms with Crippen LogP contribution in [0.5, 0.6) is 11.5 Å². The lowest BCUT2D eigenvalue weighted by Crippen LogP contribution is -2.48. The maximum atomic E-state index is 13.4. The number of carbonyl (C=O) groups is 2. The number of likely N-dealkylation sites (tertiary alicyclic amines) is 1. The van der Waals surface area contributed by atoms with Crippen molar-refractivity contribution in [2.24, 2.45) is 11.7 Å². The van der Waals surface area contributed by atoms with Gasteiger partial charge in [0.15, 0.2) is 0 Å². The minimum Gasteiger partial charge on any atom is -0.465 e. The Hall–Kier alpha value is -3.88. The lowest BCUT2D eigenvalue weighted by molar-refractivity contribution is -0.0578. The highest BCUT2D eigenvalue weighted by Gasteiger charge is 2.43. The molecule has 1 aliphatic heterocycles. The van der Waals surface area contributed by atoms with E-state index < -0.39 is 11.7 Å². The fourth-order valence-corrected chi connectivity index (χ4v) is 5.33. The van der Waals surface area contributed by atoms with Crippen molar-refractivity contribution in [3.05, 3.63) is 95.1 Å². The minimum atomic E-state index is -1.35. The van der Waals surface area contributed by atoms with Gasteiger partial charge in [-0.3, -0.25) is 4.79 Å². The molecule has 0 aliphatic carbocycles. The summed E-state index contributed by atoms with van der Waals surface area (Å²) >= 11 is 0. The maximum absolute atomic E-state index is 13.4. The van der Waals surface area contributed by atoms with E-state index in [4.69, 9.17) is 15.6 Å². The van der Waals surface area contributed by atoms with E-state index >= 15 is 0 Å². The summed E-state index contributed by atoms with van der Waals surface area (Å²) < 4.78 is 6.33. The third kappa shape index (κ3) is 6.77. The molecule has 0 radical (unpaired) electrons. The van der Waals surface area contributed by atoms with Gasteiger partial charge in [0.1, 0.15) is 11.5 Å². The molecule has 2 amide bonds. The van der Waals surface area contributed by atoms with E-state index in [0.717, 1.165) is 24.0 Å². The Morgan fingerprint density at radius 2 is 1.74 bits per heavy atom. The van der Waals surface area contributed by atoms with Crippen molar-refractivity contribution in [3.8, 4) is 11.5 Å². The third-order valence-corrected chi connectivity index (χ3v) is 7.50. The van der Waals surface area contributed by atoms with Crippen LogP contribution in [0.1, 0.15) is 52.7 Å². The molecule has 1 aliphatic rings. The van der Waals surface area contributed by atoms with Gasteiger partial charge in [-0.1, -0.05) is 48.5 Å². The van der Waals surface area contributed by atoms with Crippen LogP contribution in [0.3, 0.4) is 0 Å². The Morgan fingerprint density at radius 3 is 2.44 bits per heavy atom.